The number of anilines is 1. The van der Waals surface area contributed by atoms with Crippen LogP contribution in [0.3, 0.4) is 0 Å². The van der Waals surface area contributed by atoms with Crippen LogP contribution in [0.25, 0.3) is 0 Å². The van der Waals surface area contributed by atoms with Gasteiger partial charge in [-0.3, -0.25) is 0 Å². The quantitative estimate of drug-likeness (QED) is 0.660. The summed E-state index contributed by atoms with van der Waals surface area (Å²) in [7, 11) is 3.27. The summed E-state index contributed by atoms with van der Waals surface area (Å²) >= 11 is 0. The van der Waals surface area contributed by atoms with E-state index < -0.39 is 0 Å². The molecule has 0 aliphatic rings. The first kappa shape index (κ1) is 7.71. The topological polar surface area (TPSA) is 59.9 Å². The molecule has 0 aliphatic carbocycles. The summed E-state index contributed by atoms with van der Waals surface area (Å²) < 4.78 is 4.84. The first-order valence-corrected chi connectivity index (χ1v) is 3.20. The Bertz CT molecular complexity index is 228. The van der Waals surface area contributed by atoms with Crippen LogP contribution in [0.1, 0.15) is 5.82 Å². The van der Waals surface area contributed by atoms with Crippen molar-refractivity contribution in [3.8, 4) is 6.01 Å². The van der Waals surface area contributed by atoms with Gasteiger partial charge in [0.1, 0.15) is 5.82 Å². The van der Waals surface area contributed by atoms with Gasteiger partial charge < -0.3 is 10.1 Å². The van der Waals surface area contributed by atoms with Gasteiger partial charge in [-0.25, -0.2) is 0 Å². The Morgan fingerprint density at radius 1 is 1.27 bits per heavy atom. The predicted molar refractivity (Wildman–Crippen MR) is 40.7 cm³/mol. The maximum Gasteiger partial charge on any atom is 0.321 e. The number of ether oxygens (including phenoxy) is 1. The Kier molecular flexibility index (Phi) is 2.20. The minimum Gasteiger partial charge on any atom is -0.467 e. The number of hydrogen-bond donors (Lipinski definition) is 1. The van der Waals surface area contributed by atoms with Gasteiger partial charge in [-0.05, 0) is 6.92 Å². The highest BCUT2D eigenvalue weighted by Crippen LogP contribution is 2.04. The van der Waals surface area contributed by atoms with Gasteiger partial charge in [0.15, 0.2) is 0 Å². The third kappa shape index (κ3) is 1.76. The maximum absolute atomic E-state index is 4.84. The monoisotopic (exact) mass is 154 g/mol. The van der Waals surface area contributed by atoms with Crippen molar-refractivity contribution in [3.05, 3.63) is 5.82 Å². The number of nitrogens with zero attached hydrogens (tertiary/aromatic N) is 3. The maximum atomic E-state index is 4.84. The molecule has 1 aromatic rings. The van der Waals surface area contributed by atoms with Gasteiger partial charge in [0.25, 0.3) is 0 Å². The molecule has 1 heterocycles. The van der Waals surface area contributed by atoms with E-state index in [2.05, 4.69) is 20.3 Å². The largest absolute Gasteiger partial charge is 0.467 e. The second-order valence-electron chi connectivity index (χ2n) is 1.94. The van der Waals surface area contributed by atoms with Gasteiger partial charge in [-0.2, -0.15) is 15.0 Å². The lowest BCUT2D eigenvalue weighted by atomic mass is 10.7. The molecule has 0 spiro atoms. The van der Waals surface area contributed by atoms with Crippen LogP contribution in [0.2, 0.25) is 0 Å². The molecule has 0 bridgehead atoms. The van der Waals surface area contributed by atoms with E-state index in [9.17, 15) is 0 Å². The number of methoxy groups -OCH3 is 1. The van der Waals surface area contributed by atoms with Crippen LogP contribution in [0.4, 0.5) is 5.95 Å². The zero-order valence-electron chi connectivity index (χ0n) is 6.75. The highest BCUT2D eigenvalue weighted by atomic mass is 16.5. The van der Waals surface area contributed by atoms with Crippen molar-refractivity contribution in [2.45, 2.75) is 6.92 Å². The lowest BCUT2D eigenvalue weighted by Gasteiger charge is -2.01. The van der Waals surface area contributed by atoms with Gasteiger partial charge in [0.2, 0.25) is 5.95 Å². The Morgan fingerprint density at radius 3 is 2.55 bits per heavy atom. The van der Waals surface area contributed by atoms with Crippen molar-refractivity contribution in [2.24, 2.45) is 0 Å². The zero-order chi connectivity index (χ0) is 8.27. The Morgan fingerprint density at radius 2 is 2.00 bits per heavy atom. The van der Waals surface area contributed by atoms with Gasteiger partial charge >= 0.3 is 6.01 Å². The van der Waals surface area contributed by atoms with Gasteiger partial charge in [-0.1, -0.05) is 0 Å². The number of hydrogen-bond acceptors (Lipinski definition) is 5. The fraction of sp³-hybridized carbons (Fsp3) is 0.500. The summed E-state index contributed by atoms with van der Waals surface area (Å²) in [5.74, 6) is 1.16. The fourth-order valence-electron chi connectivity index (χ4n) is 0.660. The van der Waals surface area contributed by atoms with E-state index in [1.165, 1.54) is 7.11 Å². The van der Waals surface area contributed by atoms with E-state index in [4.69, 9.17) is 4.74 Å². The van der Waals surface area contributed by atoms with Crippen LogP contribution in [0, 0.1) is 6.92 Å². The number of aromatic nitrogens is 3. The lowest BCUT2D eigenvalue weighted by molar-refractivity contribution is 0.377. The minimum atomic E-state index is 0.335. The Balaban J connectivity index is 3.02. The zero-order valence-corrected chi connectivity index (χ0v) is 6.75. The second-order valence-corrected chi connectivity index (χ2v) is 1.94. The second kappa shape index (κ2) is 3.14. The van der Waals surface area contributed by atoms with Crippen LogP contribution in [-0.2, 0) is 0 Å². The molecule has 0 radical (unpaired) electrons. The molecule has 11 heavy (non-hydrogen) atoms. The molecular formula is C6H10N4O. The number of aryl methyl sites for hydroxylation is 1. The highest BCUT2D eigenvalue weighted by molar-refractivity contribution is 5.23. The molecule has 0 aliphatic heterocycles. The summed E-state index contributed by atoms with van der Waals surface area (Å²) in [5, 5.41) is 2.80. The van der Waals surface area contributed by atoms with Crippen molar-refractivity contribution in [2.75, 3.05) is 19.5 Å². The SMILES string of the molecule is CNc1nc(C)nc(OC)n1. The Labute approximate surface area is 64.8 Å². The standard InChI is InChI=1S/C6H10N4O/c1-4-8-5(7-2)10-6(9-4)11-3/h1-3H3,(H,7,8,9,10). The molecule has 0 atom stereocenters. The third-order valence-electron chi connectivity index (χ3n) is 1.13. The van der Waals surface area contributed by atoms with Gasteiger partial charge in [0.05, 0.1) is 7.11 Å². The van der Waals surface area contributed by atoms with E-state index in [0.717, 1.165) is 0 Å². The molecule has 5 nitrogen and oxygen atoms in total. The first-order chi connectivity index (χ1) is 5.26. The molecule has 1 rings (SSSR count). The fourth-order valence-corrected chi connectivity index (χ4v) is 0.660. The normalized spacial score (nSPS) is 9.36. The third-order valence-corrected chi connectivity index (χ3v) is 1.13. The first-order valence-electron chi connectivity index (χ1n) is 3.20. The molecule has 0 saturated carbocycles. The van der Waals surface area contributed by atoms with E-state index in [0.29, 0.717) is 17.8 Å². The van der Waals surface area contributed by atoms with Crippen LogP contribution in [0.5, 0.6) is 6.01 Å². The minimum absolute atomic E-state index is 0.335. The van der Waals surface area contributed by atoms with Crippen LogP contribution < -0.4 is 10.1 Å². The van der Waals surface area contributed by atoms with Crippen molar-refractivity contribution in [1.29, 1.82) is 0 Å². The molecule has 0 aromatic carbocycles. The van der Waals surface area contributed by atoms with Crippen LogP contribution in [-0.4, -0.2) is 29.1 Å². The molecule has 1 aromatic heterocycles. The average Bonchev–Trinajstić information content (AvgIpc) is 2.03. The van der Waals surface area contributed by atoms with Crippen LogP contribution >= 0.6 is 0 Å². The molecule has 1 N–H and O–H groups in total. The van der Waals surface area contributed by atoms with Crippen molar-refractivity contribution < 1.29 is 4.74 Å². The Hall–Kier alpha value is -1.39. The summed E-state index contributed by atoms with van der Waals surface area (Å²) in [6.45, 7) is 1.78. The van der Waals surface area contributed by atoms with E-state index in [1.54, 1.807) is 14.0 Å². The molecule has 60 valence electrons. The van der Waals surface area contributed by atoms with Gasteiger partial charge in [-0.15, -0.1) is 0 Å². The van der Waals surface area contributed by atoms with E-state index in [-0.39, 0.29) is 0 Å². The number of nitrogens with one attached hydrogen (secondary N) is 1. The summed E-state index contributed by atoms with van der Waals surface area (Å²) in [6, 6.07) is 0.335. The molecular weight excluding hydrogens is 144 g/mol. The number of rotatable bonds is 2. The highest BCUT2D eigenvalue weighted by Gasteiger charge is 1.99. The van der Waals surface area contributed by atoms with Crippen LogP contribution in [0.15, 0.2) is 0 Å². The van der Waals surface area contributed by atoms with E-state index >= 15 is 0 Å². The van der Waals surface area contributed by atoms with E-state index in [1.807, 2.05) is 0 Å². The lowest BCUT2D eigenvalue weighted by Crippen LogP contribution is -2.02. The average molecular weight is 154 g/mol. The van der Waals surface area contributed by atoms with Gasteiger partial charge in [0, 0.05) is 7.05 Å². The molecule has 5 heteroatoms. The summed E-state index contributed by atoms with van der Waals surface area (Å²) in [6.07, 6.45) is 0. The summed E-state index contributed by atoms with van der Waals surface area (Å²) in [5.41, 5.74) is 0. The predicted octanol–water partition coefficient (Wildman–Crippen LogP) is 0.230. The van der Waals surface area contributed by atoms with Crippen molar-refractivity contribution >= 4 is 5.95 Å². The smallest absolute Gasteiger partial charge is 0.321 e. The molecule has 0 amide bonds. The molecule has 0 saturated heterocycles. The van der Waals surface area contributed by atoms with Crippen molar-refractivity contribution in [1.82, 2.24) is 15.0 Å². The molecule has 0 unspecified atom stereocenters. The van der Waals surface area contributed by atoms with Crippen molar-refractivity contribution in [3.63, 3.8) is 0 Å². The molecule has 0 fully saturated rings. The summed E-state index contributed by atoms with van der Waals surface area (Å²) in [4.78, 5) is 11.8.